The number of rotatable bonds is 7. The molecule has 0 radical (unpaired) electrons. The zero-order valence-electron chi connectivity index (χ0n) is 9.88. The van der Waals surface area contributed by atoms with Crippen molar-refractivity contribution in [3.63, 3.8) is 0 Å². The fourth-order valence-electron chi connectivity index (χ4n) is 1.27. The van der Waals surface area contributed by atoms with E-state index in [1.165, 1.54) is 0 Å². The summed E-state index contributed by atoms with van der Waals surface area (Å²) in [4.78, 5) is 11.5. The number of thioether (sulfide) groups is 1. The van der Waals surface area contributed by atoms with Crippen molar-refractivity contribution in [1.82, 2.24) is 10.6 Å². The number of amides is 2. The first-order chi connectivity index (χ1) is 7.13. The van der Waals surface area contributed by atoms with E-state index in [0.717, 1.165) is 18.6 Å². The van der Waals surface area contributed by atoms with Crippen LogP contribution in [0.2, 0.25) is 0 Å². The number of urea groups is 1. The Labute approximate surface area is 97.1 Å². The Balaban J connectivity index is 3.84. The van der Waals surface area contributed by atoms with E-state index in [1.54, 1.807) is 11.8 Å². The molecule has 2 atom stereocenters. The van der Waals surface area contributed by atoms with Crippen LogP contribution in [-0.2, 0) is 0 Å². The summed E-state index contributed by atoms with van der Waals surface area (Å²) in [6, 6.07) is 0.329. The highest BCUT2D eigenvalue weighted by atomic mass is 32.2. The van der Waals surface area contributed by atoms with E-state index in [9.17, 15) is 4.79 Å². The molecule has 0 aliphatic carbocycles. The molecule has 0 fully saturated rings. The summed E-state index contributed by atoms with van der Waals surface area (Å²) in [5.74, 6) is 0.936. The molecule has 0 spiro atoms. The summed E-state index contributed by atoms with van der Waals surface area (Å²) in [5, 5.41) is 5.83. The van der Waals surface area contributed by atoms with Crippen LogP contribution >= 0.6 is 11.8 Å². The molecule has 88 valence electrons. The Bertz CT molecular complexity index is 197. The van der Waals surface area contributed by atoms with Gasteiger partial charge >= 0.3 is 6.03 Å². The topological polar surface area (TPSA) is 41.1 Å². The maximum Gasteiger partial charge on any atom is 0.315 e. The van der Waals surface area contributed by atoms with Crippen LogP contribution in [0.15, 0.2) is 12.7 Å². The molecular weight excluding hydrogens is 208 g/mol. The van der Waals surface area contributed by atoms with Gasteiger partial charge in [-0.2, -0.15) is 11.8 Å². The summed E-state index contributed by atoms with van der Waals surface area (Å²) in [7, 11) is 0. The Morgan fingerprint density at radius 3 is 2.67 bits per heavy atom. The molecule has 0 unspecified atom stereocenters. The highest BCUT2D eigenvalue weighted by Crippen LogP contribution is 1.99. The smallest absolute Gasteiger partial charge is 0.315 e. The summed E-state index contributed by atoms with van der Waals surface area (Å²) >= 11 is 1.73. The van der Waals surface area contributed by atoms with Gasteiger partial charge in [0.1, 0.15) is 0 Å². The maximum atomic E-state index is 11.5. The number of hydrogen-bond acceptors (Lipinski definition) is 2. The lowest BCUT2D eigenvalue weighted by Gasteiger charge is -2.18. The average molecular weight is 230 g/mol. The first kappa shape index (κ1) is 14.4. The average Bonchev–Trinajstić information content (AvgIpc) is 2.17. The molecule has 0 saturated heterocycles. The van der Waals surface area contributed by atoms with Gasteiger partial charge in [-0.05, 0) is 26.0 Å². The predicted octanol–water partition coefficient (Wildman–Crippen LogP) is 2.39. The second-order valence-electron chi connectivity index (χ2n) is 3.60. The number of carbonyl (C=O) groups excluding carboxylic acids is 1. The van der Waals surface area contributed by atoms with Crippen molar-refractivity contribution >= 4 is 17.8 Å². The Morgan fingerprint density at radius 1 is 1.53 bits per heavy atom. The number of nitrogens with one attached hydrogen (secondary N) is 2. The molecule has 3 nitrogen and oxygen atoms in total. The van der Waals surface area contributed by atoms with Crippen LogP contribution in [0.5, 0.6) is 0 Å². The van der Waals surface area contributed by atoms with Crippen LogP contribution < -0.4 is 10.6 Å². The van der Waals surface area contributed by atoms with E-state index in [-0.39, 0.29) is 18.1 Å². The van der Waals surface area contributed by atoms with Crippen molar-refractivity contribution in [2.75, 3.05) is 12.0 Å². The minimum absolute atomic E-state index is 0.0785. The van der Waals surface area contributed by atoms with E-state index in [1.807, 2.05) is 19.3 Å². The van der Waals surface area contributed by atoms with Gasteiger partial charge in [-0.15, -0.1) is 6.58 Å². The SMILES string of the molecule is C=CC[C@H](CC)NC(=O)N[C@H](C)CSC. The largest absolute Gasteiger partial charge is 0.335 e. The van der Waals surface area contributed by atoms with E-state index in [4.69, 9.17) is 0 Å². The minimum Gasteiger partial charge on any atom is -0.335 e. The van der Waals surface area contributed by atoms with Gasteiger partial charge in [0.05, 0.1) is 0 Å². The number of hydrogen-bond donors (Lipinski definition) is 2. The van der Waals surface area contributed by atoms with Crippen molar-refractivity contribution in [2.45, 2.75) is 38.8 Å². The van der Waals surface area contributed by atoms with Crippen molar-refractivity contribution in [3.8, 4) is 0 Å². The summed E-state index contributed by atoms with van der Waals surface area (Å²) in [5.41, 5.74) is 0. The molecule has 0 bridgehead atoms. The second-order valence-corrected chi connectivity index (χ2v) is 4.51. The van der Waals surface area contributed by atoms with Crippen LogP contribution in [0, 0.1) is 0 Å². The molecule has 15 heavy (non-hydrogen) atoms. The van der Waals surface area contributed by atoms with Gasteiger partial charge in [-0.1, -0.05) is 13.0 Å². The third-order valence-electron chi connectivity index (χ3n) is 2.07. The fraction of sp³-hybridized carbons (Fsp3) is 0.727. The zero-order chi connectivity index (χ0) is 11.7. The van der Waals surface area contributed by atoms with Crippen LogP contribution in [0.1, 0.15) is 26.7 Å². The van der Waals surface area contributed by atoms with Crippen LogP contribution in [0.25, 0.3) is 0 Å². The molecule has 0 rings (SSSR count). The lowest BCUT2D eigenvalue weighted by atomic mass is 10.1. The highest BCUT2D eigenvalue weighted by molar-refractivity contribution is 7.98. The van der Waals surface area contributed by atoms with E-state index in [0.29, 0.717) is 0 Å². The number of carbonyl (C=O) groups is 1. The van der Waals surface area contributed by atoms with E-state index < -0.39 is 0 Å². The summed E-state index contributed by atoms with van der Waals surface area (Å²) < 4.78 is 0. The van der Waals surface area contributed by atoms with Crippen LogP contribution in [0.3, 0.4) is 0 Å². The fourth-order valence-corrected chi connectivity index (χ4v) is 1.85. The van der Waals surface area contributed by atoms with Crippen LogP contribution in [-0.4, -0.2) is 30.1 Å². The third kappa shape index (κ3) is 7.31. The Hall–Kier alpha value is -0.640. The molecule has 4 heteroatoms. The van der Waals surface area contributed by atoms with Gasteiger partial charge in [0, 0.05) is 17.8 Å². The molecule has 0 aromatic heterocycles. The zero-order valence-corrected chi connectivity index (χ0v) is 10.7. The standard InChI is InChI=1S/C11H22N2OS/c1-5-7-10(6-2)13-11(14)12-9(3)8-15-4/h5,9-10H,1,6-8H2,2-4H3,(H2,12,13,14)/t9-,10+/m1/s1. The lowest BCUT2D eigenvalue weighted by Crippen LogP contribution is -2.45. The highest BCUT2D eigenvalue weighted by Gasteiger charge is 2.10. The van der Waals surface area contributed by atoms with Crippen molar-refractivity contribution in [1.29, 1.82) is 0 Å². The van der Waals surface area contributed by atoms with Gasteiger partial charge in [0.2, 0.25) is 0 Å². The van der Waals surface area contributed by atoms with Crippen LogP contribution in [0.4, 0.5) is 4.79 Å². The van der Waals surface area contributed by atoms with Gasteiger partial charge < -0.3 is 10.6 Å². The molecule has 0 aliphatic rings. The molecule has 0 saturated carbocycles. The summed E-state index contributed by atoms with van der Waals surface area (Å²) in [6.07, 6.45) is 5.61. The Morgan fingerprint density at radius 2 is 2.20 bits per heavy atom. The third-order valence-corrected chi connectivity index (χ3v) is 2.91. The summed E-state index contributed by atoms with van der Waals surface area (Å²) in [6.45, 7) is 7.73. The van der Waals surface area contributed by atoms with Gasteiger partial charge in [-0.3, -0.25) is 0 Å². The molecule has 0 heterocycles. The van der Waals surface area contributed by atoms with E-state index >= 15 is 0 Å². The maximum absolute atomic E-state index is 11.5. The van der Waals surface area contributed by atoms with Gasteiger partial charge in [0.15, 0.2) is 0 Å². The normalized spacial score (nSPS) is 14.1. The van der Waals surface area contributed by atoms with Gasteiger partial charge in [0.25, 0.3) is 0 Å². The molecule has 0 aromatic carbocycles. The van der Waals surface area contributed by atoms with Crippen molar-refractivity contribution in [2.24, 2.45) is 0 Å². The Kier molecular flexibility index (Phi) is 8.28. The molecule has 2 N–H and O–H groups in total. The molecular formula is C11H22N2OS. The minimum atomic E-state index is -0.0785. The van der Waals surface area contributed by atoms with Crippen molar-refractivity contribution in [3.05, 3.63) is 12.7 Å². The quantitative estimate of drug-likeness (QED) is 0.659. The van der Waals surface area contributed by atoms with Crippen molar-refractivity contribution < 1.29 is 4.79 Å². The van der Waals surface area contributed by atoms with Gasteiger partial charge in [-0.25, -0.2) is 4.79 Å². The molecule has 0 aliphatic heterocycles. The second kappa shape index (κ2) is 8.65. The predicted molar refractivity (Wildman–Crippen MR) is 68.4 cm³/mol. The first-order valence-electron chi connectivity index (χ1n) is 5.30. The lowest BCUT2D eigenvalue weighted by molar-refractivity contribution is 0.234. The first-order valence-corrected chi connectivity index (χ1v) is 6.70. The monoisotopic (exact) mass is 230 g/mol. The van der Waals surface area contributed by atoms with E-state index in [2.05, 4.69) is 24.1 Å². The molecule has 2 amide bonds. The molecule has 0 aromatic rings.